The van der Waals surface area contributed by atoms with Gasteiger partial charge in [-0.1, -0.05) is 18.5 Å². The van der Waals surface area contributed by atoms with Gasteiger partial charge in [-0.05, 0) is 55.4 Å². The van der Waals surface area contributed by atoms with Crippen LogP contribution in [0.5, 0.6) is 0 Å². The SMILES string of the molecule is C[C@@H]1CN(Cc2cnc(-c3ccc(Cl)cc3)nc2)CC[C@@]1(O)C1CC1. The number of aliphatic hydroxyl groups is 1. The number of benzene rings is 1. The minimum absolute atomic E-state index is 0.322. The maximum atomic E-state index is 10.9. The van der Waals surface area contributed by atoms with Crippen LogP contribution >= 0.6 is 11.6 Å². The molecule has 2 aliphatic rings. The van der Waals surface area contributed by atoms with Gasteiger partial charge in [-0.15, -0.1) is 0 Å². The van der Waals surface area contributed by atoms with Crippen molar-refractivity contribution in [1.29, 1.82) is 0 Å². The molecule has 2 atom stereocenters. The van der Waals surface area contributed by atoms with Crippen LogP contribution in [0, 0.1) is 11.8 Å². The predicted octanol–water partition coefficient (Wildman–Crippen LogP) is 3.78. The maximum absolute atomic E-state index is 10.9. The van der Waals surface area contributed by atoms with Gasteiger partial charge in [0.1, 0.15) is 0 Å². The lowest BCUT2D eigenvalue weighted by Gasteiger charge is -2.43. The molecule has 25 heavy (non-hydrogen) atoms. The molecule has 1 saturated heterocycles. The van der Waals surface area contributed by atoms with Gasteiger partial charge in [-0.3, -0.25) is 4.90 Å². The largest absolute Gasteiger partial charge is 0.389 e. The molecule has 0 spiro atoms. The van der Waals surface area contributed by atoms with Crippen molar-refractivity contribution in [3.05, 3.63) is 47.2 Å². The van der Waals surface area contributed by atoms with Crippen LogP contribution < -0.4 is 0 Å². The molecule has 132 valence electrons. The summed E-state index contributed by atoms with van der Waals surface area (Å²) >= 11 is 5.92. The molecule has 0 amide bonds. The molecule has 2 aromatic rings. The average Bonchev–Trinajstić information content (AvgIpc) is 3.45. The number of nitrogens with zero attached hydrogens (tertiary/aromatic N) is 3. The molecule has 2 fully saturated rings. The first kappa shape index (κ1) is 17.0. The van der Waals surface area contributed by atoms with Crippen molar-refractivity contribution in [2.45, 2.75) is 38.3 Å². The minimum atomic E-state index is -0.439. The number of halogens is 1. The summed E-state index contributed by atoms with van der Waals surface area (Å²) in [5.74, 6) is 1.57. The molecule has 0 bridgehead atoms. The number of rotatable bonds is 4. The number of aromatic nitrogens is 2. The fourth-order valence-corrected chi connectivity index (χ4v) is 4.12. The summed E-state index contributed by atoms with van der Waals surface area (Å²) in [7, 11) is 0. The van der Waals surface area contributed by atoms with Crippen molar-refractivity contribution < 1.29 is 5.11 Å². The molecule has 1 aliphatic heterocycles. The van der Waals surface area contributed by atoms with Crippen LogP contribution in [0.2, 0.25) is 5.02 Å². The smallest absolute Gasteiger partial charge is 0.159 e. The van der Waals surface area contributed by atoms with Crippen molar-refractivity contribution in [2.24, 2.45) is 11.8 Å². The van der Waals surface area contributed by atoms with Crippen LogP contribution in [-0.4, -0.2) is 38.7 Å². The fourth-order valence-electron chi connectivity index (χ4n) is 4.00. The van der Waals surface area contributed by atoms with Crippen molar-refractivity contribution in [3.8, 4) is 11.4 Å². The second kappa shape index (κ2) is 6.67. The molecule has 0 radical (unpaired) electrons. The quantitative estimate of drug-likeness (QED) is 0.904. The lowest BCUT2D eigenvalue weighted by atomic mass is 9.78. The Morgan fingerprint density at radius 3 is 2.48 bits per heavy atom. The molecule has 1 saturated carbocycles. The average molecular weight is 358 g/mol. The molecule has 0 unspecified atom stereocenters. The Labute approximate surface area is 153 Å². The van der Waals surface area contributed by atoms with Crippen molar-refractivity contribution in [1.82, 2.24) is 14.9 Å². The Balaban J connectivity index is 1.39. The zero-order chi connectivity index (χ0) is 17.4. The van der Waals surface area contributed by atoms with Gasteiger partial charge in [0.2, 0.25) is 0 Å². The monoisotopic (exact) mass is 357 g/mol. The van der Waals surface area contributed by atoms with E-state index in [9.17, 15) is 5.11 Å². The van der Waals surface area contributed by atoms with E-state index >= 15 is 0 Å². The number of hydrogen-bond acceptors (Lipinski definition) is 4. The highest BCUT2D eigenvalue weighted by atomic mass is 35.5. The predicted molar refractivity (Wildman–Crippen MR) is 99.2 cm³/mol. The first-order valence-electron chi connectivity index (χ1n) is 9.06. The summed E-state index contributed by atoms with van der Waals surface area (Å²) in [5.41, 5.74) is 1.64. The Kier molecular flexibility index (Phi) is 4.52. The zero-order valence-corrected chi connectivity index (χ0v) is 15.3. The molecule has 1 aliphatic carbocycles. The Hall–Kier alpha value is -1.49. The van der Waals surface area contributed by atoms with Crippen LogP contribution in [0.3, 0.4) is 0 Å². The summed E-state index contributed by atoms with van der Waals surface area (Å²) in [6, 6.07) is 7.57. The molecule has 2 heterocycles. The van der Waals surface area contributed by atoms with E-state index in [2.05, 4.69) is 21.8 Å². The summed E-state index contributed by atoms with van der Waals surface area (Å²) in [5, 5.41) is 11.6. The molecule has 1 N–H and O–H groups in total. The third kappa shape index (κ3) is 3.57. The highest BCUT2D eigenvalue weighted by Crippen LogP contribution is 2.47. The number of hydrogen-bond donors (Lipinski definition) is 1. The van der Waals surface area contributed by atoms with E-state index in [0.717, 1.165) is 43.0 Å². The topological polar surface area (TPSA) is 49.2 Å². The van der Waals surface area contributed by atoms with Crippen LogP contribution in [0.1, 0.15) is 31.7 Å². The second-order valence-electron chi connectivity index (χ2n) is 7.57. The number of piperidine rings is 1. The summed E-state index contributed by atoms with van der Waals surface area (Å²) in [6.45, 7) is 4.90. The molecule has 4 nitrogen and oxygen atoms in total. The molecule has 4 rings (SSSR count). The third-order valence-electron chi connectivity index (χ3n) is 5.71. The standard InChI is InChI=1S/C20H24ClN3O/c1-14-12-24(9-8-20(14,25)17-4-5-17)13-15-10-22-19(23-11-15)16-2-6-18(21)7-3-16/h2-3,6-7,10-11,14,17,25H,4-5,8-9,12-13H2,1H3/t14-,20+/m1/s1. The van der Waals surface area contributed by atoms with E-state index in [1.165, 1.54) is 12.8 Å². The van der Waals surface area contributed by atoms with Gasteiger partial charge in [-0.25, -0.2) is 9.97 Å². The van der Waals surface area contributed by atoms with E-state index in [4.69, 9.17) is 11.6 Å². The van der Waals surface area contributed by atoms with Gasteiger partial charge in [0.25, 0.3) is 0 Å². The maximum Gasteiger partial charge on any atom is 0.159 e. The lowest BCUT2D eigenvalue weighted by molar-refractivity contribution is -0.0833. The summed E-state index contributed by atoms with van der Waals surface area (Å²) in [6.07, 6.45) is 7.08. The number of likely N-dealkylation sites (tertiary alicyclic amines) is 1. The van der Waals surface area contributed by atoms with Gasteiger partial charge in [0.05, 0.1) is 5.60 Å². The first-order valence-corrected chi connectivity index (χ1v) is 9.44. The molecule has 1 aromatic heterocycles. The molecule has 5 heteroatoms. The zero-order valence-electron chi connectivity index (χ0n) is 14.5. The fraction of sp³-hybridized carbons (Fsp3) is 0.500. The lowest BCUT2D eigenvalue weighted by Crippen LogP contribution is -2.51. The second-order valence-corrected chi connectivity index (χ2v) is 8.01. The van der Waals surface area contributed by atoms with Crippen molar-refractivity contribution >= 4 is 11.6 Å². The van der Waals surface area contributed by atoms with Gasteiger partial charge in [-0.2, -0.15) is 0 Å². The van der Waals surface area contributed by atoms with E-state index in [-0.39, 0.29) is 0 Å². The molecular formula is C20H24ClN3O. The van der Waals surface area contributed by atoms with Crippen LogP contribution in [0.4, 0.5) is 0 Å². The Bertz CT molecular complexity index is 730. The summed E-state index contributed by atoms with van der Waals surface area (Å²) < 4.78 is 0. The van der Waals surface area contributed by atoms with Gasteiger partial charge < -0.3 is 5.11 Å². The first-order chi connectivity index (χ1) is 12.0. The highest BCUT2D eigenvalue weighted by Gasteiger charge is 2.49. The van der Waals surface area contributed by atoms with Crippen molar-refractivity contribution in [3.63, 3.8) is 0 Å². The van der Waals surface area contributed by atoms with E-state index in [0.29, 0.717) is 16.9 Å². The summed E-state index contributed by atoms with van der Waals surface area (Å²) in [4.78, 5) is 11.4. The van der Waals surface area contributed by atoms with E-state index in [1.54, 1.807) is 0 Å². The highest BCUT2D eigenvalue weighted by molar-refractivity contribution is 6.30. The molecule has 1 aromatic carbocycles. The third-order valence-corrected chi connectivity index (χ3v) is 5.96. The van der Waals surface area contributed by atoms with Crippen molar-refractivity contribution in [2.75, 3.05) is 13.1 Å². The van der Waals surface area contributed by atoms with Crippen LogP contribution in [-0.2, 0) is 6.54 Å². The van der Waals surface area contributed by atoms with Crippen LogP contribution in [0.25, 0.3) is 11.4 Å². The van der Waals surface area contributed by atoms with Gasteiger partial charge in [0.15, 0.2) is 5.82 Å². The molecular weight excluding hydrogens is 334 g/mol. The van der Waals surface area contributed by atoms with E-state index in [1.807, 2.05) is 36.7 Å². The van der Waals surface area contributed by atoms with Gasteiger partial charge >= 0.3 is 0 Å². The Morgan fingerprint density at radius 2 is 1.88 bits per heavy atom. The Morgan fingerprint density at radius 1 is 1.20 bits per heavy atom. The normalized spacial score (nSPS) is 27.4. The van der Waals surface area contributed by atoms with Gasteiger partial charge in [0, 0.05) is 48.2 Å². The minimum Gasteiger partial charge on any atom is -0.389 e. The van der Waals surface area contributed by atoms with Crippen LogP contribution in [0.15, 0.2) is 36.7 Å². The van der Waals surface area contributed by atoms with E-state index < -0.39 is 5.60 Å².